The highest BCUT2D eigenvalue weighted by Gasteiger charge is 2.25. The van der Waals surface area contributed by atoms with Crippen molar-refractivity contribution in [2.45, 2.75) is 32.6 Å². The van der Waals surface area contributed by atoms with E-state index >= 15 is 0 Å². The topological polar surface area (TPSA) is 141 Å². The summed E-state index contributed by atoms with van der Waals surface area (Å²) in [5.41, 5.74) is 0.286. The van der Waals surface area contributed by atoms with Gasteiger partial charge in [0.25, 0.3) is 11.8 Å². The first-order valence-corrected chi connectivity index (χ1v) is 9.88. The molecule has 0 fully saturated rings. The minimum Gasteiger partial charge on any atom is -0.477 e. The first kappa shape index (κ1) is 29.3. The van der Waals surface area contributed by atoms with Gasteiger partial charge in [0.2, 0.25) is 0 Å². The lowest BCUT2D eigenvalue weighted by atomic mass is 10.1. The van der Waals surface area contributed by atoms with Crippen molar-refractivity contribution in [3.8, 4) is 12.1 Å². The highest BCUT2D eigenvalue weighted by Crippen LogP contribution is 2.26. The van der Waals surface area contributed by atoms with Crippen LogP contribution in [0.4, 0.5) is 17.6 Å². The number of carbonyl (C=O) groups excluding carboxylic acids is 1. The maximum absolute atomic E-state index is 12.6. The Morgan fingerprint density at radius 2 is 1.22 bits per heavy atom. The largest absolute Gasteiger partial charge is 0.477 e. The zero-order valence-corrected chi connectivity index (χ0v) is 19.2. The fourth-order valence-electron chi connectivity index (χ4n) is 2.17. The molecular weight excluding hydrogens is 482 g/mol. The number of halogens is 4. The molecule has 0 saturated heterocycles. The highest BCUT2D eigenvalue weighted by atomic mass is 19.3. The number of alkyl halides is 4. The van der Waals surface area contributed by atoms with E-state index in [0.29, 0.717) is 11.3 Å². The Kier molecular flexibility index (Phi) is 10.3. The van der Waals surface area contributed by atoms with Crippen LogP contribution in [-0.4, -0.2) is 31.8 Å². The van der Waals surface area contributed by atoms with Crippen LogP contribution in [-0.2, 0) is 11.8 Å². The lowest BCUT2D eigenvalue weighted by Crippen LogP contribution is -2.09. The van der Waals surface area contributed by atoms with Crippen molar-refractivity contribution in [1.29, 1.82) is 10.5 Å². The quantitative estimate of drug-likeness (QED) is 0.384. The Hall–Kier alpha value is -4.71. The number of aromatic nitrogens is 3. The molecule has 0 saturated carbocycles. The van der Waals surface area contributed by atoms with Crippen molar-refractivity contribution in [2.24, 2.45) is 0 Å². The molecule has 0 atom stereocenters. The van der Waals surface area contributed by atoms with Gasteiger partial charge in [0, 0.05) is 49.1 Å². The van der Waals surface area contributed by atoms with Gasteiger partial charge < -0.3 is 5.11 Å². The van der Waals surface area contributed by atoms with Crippen molar-refractivity contribution >= 4 is 11.8 Å². The summed E-state index contributed by atoms with van der Waals surface area (Å²) in [4.78, 5) is 31.7. The third-order valence-corrected chi connectivity index (χ3v) is 4.16. The number of hydrogen-bond donors (Lipinski definition) is 1. The number of carboxylic acids is 1. The Balaban J connectivity index is 0.000000271. The van der Waals surface area contributed by atoms with Crippen LogP contribution in [0.5, 0.6) is 0 Å². The fraction of sp³-hybridized carbons (Fsp3) is 0.208. The van der Waals surface area contributed by atoms with E-state index in [0.717, 1.165) is 38.4 Å². The summed E-state index contributed by atoms with van der Waals surface area (Å²) < 4.78 is 50.3. The van der Waals surface area contributed by atoms with E-state index in [1.54, 1.807) is 12.1 Å². The van der Waals surface area contributed by atoms with Crippen LogP contribution in [0.25, 0.3) is 0 Å². The van der Waals surface area contributed by atoms with Crippen LogP contribution >= 0.6 is 0 Å². The number of ketones is 1. The molecule has 36 heavy (non-hydrogen) atoms. The molecule has 0 spiro atoms. The molecule has 3 rings (SSSR count). The first-order chi connectivity index (χ1) is 16.7. The van der Waals surface area contributed by atoms with Crippen LogP contribution in [0.15, 0.2) is 55.0 Å². The summed E-state index contributed by atoms with van der Waals surface area (Å²) in [7, 11) is 0. The summed E-state index contributed by atoms with van der Waals surface area (Å²) in [5, 5.41) is 25.1. The Morgan fingerprint density at radius 1 is 0.778 bits per heavy atom. The minimum atomic E-state index is -2.98. The molecular formula is C24H19F4N5O3. The second-order valence-corrected chi connectivity index (χ2v) is 7.16. The van der Waals surface area contributed by atoms with Crippen molar-refractivity contribution in [3.05, 3.63) is 88.8 Å². The standard InChI is InChI=1S/C8H6F2N2.C8H7F2NO2.C8H6N2O/c1-8(9,10)6-2-3-7(4-11)12-5-6;1-8(9,10)5-2-3-6(7(12)13)11-4-5;1-6(11)7-2-3-8(4-9)10-5-7/h2-3,5H,1H3;2-4H,1H3,(H,12,13);2-3,5H,1H3. The van der Waals surface area contributed by atoms with Crippen molar-refractivity contribution in [1.82, 2.24) is 15.0 Å². The van der Waals surface area contributed by atoms with Gasteiger partial charge in [-0.25, -0.2) is 37.3 Å². The zero-order chi connectivity index (χ0) is 27.5. The van der Waals surface area contributed by atoms with Gasteiger partial charge in [-0.05, 0) is 43.3 Å². The number of nitrogens with zero attached hydrogens (tertiary/aromatic N) is 5. The van der Waals surface area contributed by atoms with Crippen LogP contribution in [0.1, 0.15) is 64.1 Å². The SMILES string of the molecule is CC(=O)c1ccc(C#N)nc1.CC(F)(F)c1ccc(C#N)nc1.CC(F)(F)c1ccc(C(=O)O)nc1. The first-order valence-electron chi connectivity index (χ1n) is 9.88. The van der Waals surface area contributed by atoms with E-state index in [-0.39, 0.29) is 28.3 Å². The lowest BCUT2D eigenvalue weighted by molar-refractivity contribution is 0.0164. The van der Waals surface area contributed by atoms with Gasteiger partial charge in [0.1, 0.15) is 29.2 Å². The van der Waals surface area contributed by atoms with Crippen LogP contribution in [0.3, 0.4) is 0 Å². The second-order valence-electron chi connectivity index (χ2n) is 7.16. The number of nitriles is 2. The monoisotopic (exact) mass is 501 g/mol. The number of hydrogen-bond acceptors (Lipinski definition) is 7. The van der Waals surface area contributed by atoms with Gasteiger partial charge in [-0.15, -0.1) is 0 Å². The van der Waals surface area contributed by atoms with Crippen molar-refractivity contribution < 1.29 is 32.3 Å². The predicted molar refractivity (Wildman–Crippen MR) is 118 cm³/mol. The summed E-state index contributed by atoms with van der Waals surface area (Å²) >= 11 is 0. The van der Waals surface area contributed by atoms with Crippen LogP contribution in [0.2, 0.25) is 0 Å². The molecule has 12 heteroatoms. The molecule has 3 heterocycles. The van der Waals surface area contributed by atoms with Gasteiger partial charge >= 0.3 is 5.97 Å². The van der Waals surface area contributed by atoms with E-state index in [1.165, 1.54) is 31.3 Å². The van der Waals surface area contributed by atoms with Crippen molar-refractivity contribution in [2.75, 3.05) is 0 Å². The Bertz CT molecular complexity index is 1250. The van der Waals surface area contributed by atoms with E-state index in [1.807, 2.05) is 6.07 Å². The molecule has 3 aromatic heterocycles. The Morgan fingerprint density at radius 3 is 1.50 bits per heavy atom. The summed E-state index contributed by atoms with van der Waals surface area (Å²) in [6, 6.07) is 11.3. The van der Waals surface area contributed by atoms with E-state index in [2.05, 4.69) is 15.0 Å². The van der Waals surface area contributed by atoms with Gasteiger partial charge in [-0.2, -0.15) is 10.5 Å². The average molecular weight is 501 g/mol. The van der Waals surface area contributed by atoms with Gasteiger partial charge in [-0.3, -0.25) is 4.79 Å². The molecule has 3 aromatic rings. The molecule has 0 aromatic carbocycles. The van der Waals surface area contributed by atoms with Crippen molar-refractivity contribution in [3.63, 3.8) is 0 Å². The van der Waals surface area contributed by atoms with Gasteiger partial charge in [0.05, 0.1) is 0 Å². The zero-order valence-electron chi connectivity index (χ0n) is 19.2. The van der Waals surface area contributed by atoms with Gasteiger partial charge in [0.15, 0.2) is 5.78 Å². The highest BCUT2D eigenvalue weighted by molar-refractivity contribution is 5.93. The predicted octanol–water partition coefficient (Wildman–Crippen LogP) is 5.11. The summed E-state index contributed by atoms with van der Waals surface area (Å²) in [5.74, 6) is -7.14. The molecule has 0 unspecified atom stereocenters. The molecule has 0 amide bonds. The Labute approximate surface area is 203 Å². The third-order valence-electron chi connectivity index (χ3n) is 4.16. The number of rotatable bonds is 4. The molecule has 0 aliphatic rings. The molecule has 8 nitrogen and oxygen atoms in total. The number of aromatic carboxylic acids is 1. The van der Waals surface area contributed by atoms with Crippen LogP contribution in [0, 0.1) is 22.7 Å². The normalized spacial score (nSPS) is 10.4. The number of Topliss-reactive ketones (excluding diaryl/α,β-unsaturated/α-hetero) is 1. The third kappa shape index (κ3) is 9.65. The van der Waals surface area contributed by atoms with Crippen LogP contribution < -0.4 is 0 Å². The number of carboxylic acid groups (broad SMARTS) is 1. The fourth-order valence-corrected chi connectivity index (χ4v) is 2.17. The van der Waals surface area contributed by atoms with Gasteiger partial charge in [-0.1, -0.05) is 0 Å². The molecule has 0 bridgehead atoms. The summed E-state index contributed by atoms with van der Waals surface area (Å²) in [6.45, 7) is 2.98. The second kappa shape index (κ2) is 12.7. The summed E-state index contributed by atoms with van der Waals surface area (Å²) in [6.07, 6.45) is 3.28. The average Bonchev–Trinajstić information content (AvgIpc) is 2.84. The molecule has 1 N–H and O–H groups in total. The van der Waals surface area contributed by atoms with E-state index in [9.17, 15) is 27.2 Å². The van der Waals surface area contributed by atoms with E-state index < -0.39 is 17.8 Å². The maximum atomic E-state index is 12.6. The molecule has 186 valence electrons. The minimum absolute atomic E-state index is 0.0398. The number of carbonyl (C=O) groups is 2. The number of pyridine rings is 3. The maximum Gasteiger partial charge on any atom is 0.354 e. The van der Waals surface area contributed by atoms with E-state index in [4.69, 9.17) is 15.6 Å². The smallest absolute Gasteiger partial charge is 0.354 e. The lowest BCUT2D eigenvalue weighted by Gasteiger charge is -2.09. The molecule has 0 radical (unpaired) electrons. The molecule has 0 aliphatic heterocycles. The molecule has 0 aliphatic carbocycles.